The fourth-order valence-electron chi connectivity index (χ4n) is 1.47. The van der Waals surface area contributed by atoms with Crippen LogP contribution in [0.4, 0.5) is 17.6 Å². The molecule has 1 aliphatic heterocycles. The van der Waals surface area contributed by atoms with Crippen molar-refractivity contribution in [1.29, 1.82) is 0 Å². The third-order valence-electron chi connectivity index (χ3n) is 2.42. The van der Waals surface area contributed by atoms with E-state index in [0.717, 1.165) is 11.3 Å². The molecule has 0 spiro atoms. The molecule has 1 aromatic rings. The minimum absolute atomic E-state index is 0.122. The van der Waals surface area contributed by atoms with E-state index in [1.165, 1.54) is 0 Å². The van der Waals surface area contributed by atoms with Crippen LogP contribution >= 0.6 is 23.4 Å². The van der Waals surface area contributed by atoms with Crippen molar-refractivity contribution < 1.29 is 22.3 Å². The number of ether oxygens (including phenoxy) is 1. The van der Waals surface area contributed by atoms with Gasteiger partial charge in [-0.05, 0) is 0 Å². The molecule has 0 aliphatic carbocycles. The summed E-state index contributed by atoms with van der Waals surface area (Å²) in [5.41, 5.74) is 1.57. The Morgan fingerprint density at radius 3 is 2.74 bits per heavy atom. The van der Waals surface area contributed by atoms with E-state index < -0.39 is 19.0 Å². The fourth-order valence-corrected chi connectivity index (χ4v) is 2.86. The van der Waals surface area contributed by atoms with Gasteiger partial charge in [-0.1, -0.05) is 11.6 Å². The highest BCUT2D eigenvalue weighted by Crippen LogP contribution is 2.32. The van der Waals surface area contributed by atoms with Crippen molar-refractivity contribution in [3.05, 3.63) is 22.2 Å². The molecule has 19 heavy (non-hydrogen) atoms. The van der Waals surface area contributed by atoms with Crippen LogP contribution in [0.2, 0.25) is 5.15 Å². The predicted octanol–water partition coefficient (Wildman–Crippen LogP) is 3.29. The quantitative estimate of drug-likeness (QED) is 0.617. The summed E-state index contributed by atoms with van der Waals surface area (Å²) in [7, 11) is 0. The Hall–Kier alpha value is -0.600. The van der Waals surface area contributed by atoms with E-state index >= 15 is 0 Å². The number of hydrogen-bond acceptors (Lipinski definition) is 4. The average Bonchev–Trinajstić information content (AvgIpc) is 2.77. The van der Waals surface area contributed by atoms with Crippen molar-refractivity contribution >= 4 is 23.4 Å². The second-order valence-corrected chi connectivity index (χ2v) is 5.25. The lowest BCUT2D eigenvalue weighted by molar-refractivity contribution is -0.168. The molecule has 0 atom stereocenters. The third kappa shape index (κ3) is 3.49. The first-order valence-electron chi connectivity index (χ1n) is 5.26. The third-order valence-corrected chi connectivity index (χ3v) is 3.70. The van der Waals surface area contributed by atoms with E-state index in [9.17, 15) is 17.6 Å². The highest BCUT2D eigenvalue weighted by molar-refractivity contribution is 7.98. The zero-order valence-electron chi connectivity index (χ0n) is 9.51. The van der Waals surface area contributed by atoms with Gasteiger partial charge in [0.1, 0.15) is 18.4 Å². The van der Waals surface area contributed by atoms with Gasteiger partial charge in [0.05, 0.1) is 5.69 Å². The topological polar surface area (TPSA) is 35.0 Å². The molecule has 2 rings (SSSR count). The van der Waals surface area contributed by atoms with Gasteiger partial charge >= 0.3 is 12.3 Å². The second-order valence-electron chi connectivity index (χ2n) is 3.90. The van der Waals surface area contributed by atoms with Crippen molar-refractivity contribution in [2.24, 2.45) is 0 Å². The van der Waals surface area contributed by atoms with Gasteiger partial charge in [0.2, 0.25) is 0 Å². The Labute approximate surface area is 115 Å². The lowest BCUT2D eigenvalue weighted by Crippen LogP contribution is -2.32. The molecule has 0 fully saturated rings. The number of aromatic nitrogens is 2. The number of alkyl halides is 4. The lowest BCUT2D eigenvalue weighted by atomic mass is 10.3. The molecule has 0 amide bonds. The van der Waals surface area contributed by atoms with Crippen LogP contribution in [-0.2, 0) is 22.8 Å². The predicted molar refractivity (Wildman–Crippen MR) is 62.6 cm³/mol. The van der Waals surface area contributed by atoms with E-state index in [1.54, 1.807) is 11.8 Å². The van der Waals surface area contributed by atoms with E-state index in [0.29, 0.717) is 11.5 Å². The van der Waals surface area contributed by atoms with Crippen molar-refractivity contribution in [3.63, 3.8) is 0 Å². The molecule has 0 unspecified atom stereocenters. The zero-order valence-corrected chi connectivity index (χ0v) is 11.1. The maximum Gasteiger partial charge on any atom is 0.330 e. The van der Waals surface area contributed by atoms with Gasteiger partial charge in [0.25, 0.3) is 0 Å². The molecule has 0 N–H and O–H groups in total. The normalized spacial score (nSPS) is 15.1. The van der Waals surface area contributed by atoms with Gasteiger partial charge in [-0.3, -0.25) is 0 Å². The van der Waals surface area contributed by atoms with Crippen LogP contribution in [0.1, 0.15) is 17.1 Å². The van der Waals surface area contributed by atoms with Crippen LogP contribution in [0, 0.1) is 0 Å². The van der Waals surface area contributed by atoms with Crippen LogP contribution in [-0.4, -0.2) is 28.9 Å². The molecule has 106 valence electrons. The van der Waals surface area contributed by atoms with Gasteiger partial charge < -0.3 is 4.74 Å². The first kappa shape index (κ1) is 14.8. The van der Waals surface area contributed by atoms with Crippen molar-refractivity contribution in [1.82, 2.24) is 9.97 Å². The molecule has 0 saturated carbocycles. The molecule has 0 radical (unpaired) electrons. The number of thioether (sulfide) groups is 1. The highest BCUT2D eigenvalue weighted by atomic mass is 35.5. The summed E-state index contributed by atoms with van der Waals surface area (Å²) in [5.74, 6) is -2.68. The number of halogens is 5. The summed E-state index contributed by atoms with van der Waals surface area (Å²) in [6.07, 6.45) is -3.76. The minimum atomic E-state index is -4.17. The molecule has 0 saturated heterocycles. The summed E-state index contributed by atoms with van der Waals surface area (Å²) in [6, 6.07) is 0. The van der Waals surface area contributed by atoms with Gasteiger partial charge in [-0.25, -0.2) is 18.7 Å². The van der Waals surface area contributed by atoms with Crippen LogP contribution in [0.15, 0.2) is 0 Å². The molecule has 1 aromatic heterocycles. The van der Waals surface area contributed by atoms with Crippen molar-refractivity contribution in [2.45, 2.75) is 30.5 Å². The van der Waals surface area contributed by atoms with Crippen molar-refractivity contribution in [3.8, 4) is 0 Å². The summed E-state index contributed by atoms with van der Waals surface area (Å²) in [6.45, 7) is -1.75. The van der Waals surface area contributed by atoms with Gasteiger partial charge in [-0.2, -0.15) is 20.5 Å². The summed E-state index contributed by atoms with van der Waals surface area (Å²) >= 11 is 7.52. The molecule has 3 nitrogen and oxygen atoms in total. The lowest BCUT2D eigenvalue weighted by Gasteiger charge is -2.14. The number of nitrogens with zero attached hydrogens (tertiary/aromatic N) is 2. The Bertz CT molecular complexity index is 475. The van der Waals surface area contributed by atoms with Crippen LogP contribution < -0.4 is 0 Å². The average molecular weight is 317 g/mol. The van der Waals surface area contributed by atoms with Gasteiger partial charge in [0.15, 0.2) is 5.82 Å². The number of hydrogen-bond donors (Lipinski definition) is 0. The molecular formula is C10H9ClF4N2OS. The highest BCUT2D eigenvalue weighted by Gasteiger charge is 2.41. The molecular weight excluding hydrogens is 308 g/mol. The SMILES string of the molecule is FC(F)C(F)(F)COCc1nc(Cl)c2c(n1)CSC2. The minimum Gasteiger partial charge on any atom is -0.367 e. The smallest absolute Gasteiger partial charge is 0.330 e. The van der Waals surface area contributed by atoms with Gasteiger partial charge in [0, 0.05) is 17.1 Å². The van der Waals surface area contributed by atoms with Crippen LogP contribution in [0.3, 0.4) is 0 Å². The summed E-state index contributed by atoms with van der Waals surface area (Å²) in [5, 5.41) is 0.259. The maximum absolute atomic E-state index is 12.6. The number of rotatable bonds is 5. The summed E-state index contributed by atoms with van der Waals surface area (Å²) in [4.78, 5) is 8.00. The molecule has 9 heteroatoms. The van der Waals surface area contributed by atoms with Crippen molar-refractivity contribution in [2.75, 3.05) is 6.61 Å². The van der Waals surface area contributed by atoms with Gasteiger partial charge in [-0.15, -0.1) is 0 Å². The molecule has 1 aliphatic rings. The molecule has 2 heterocycles. The maximum atomic E-state index is 12.6. The Morgan fingerprint density at radius 2 is 2.05 bits per heavy atom. The molecule has 0 bridgehead atoms. The van der Waals surface area contributed by atoms with E-state index in [1.807, 2.05) is 0 Å². The number of fused-ring (bicyclic) bond motifs is 1. The van der Waals surface area contributed by atoms with E-state index in [-0.39, 0.29) is 17.6 Å². The Morgan fingerprint density at radius 1 is 1.32 bits per heavy atom. The summed E-state index contributed by atoms with van der Waals surface area (Å²) < 4.78 is 53.5. The van der Waals surface area contributed by atoms with Crippen LogP contribution in [0.5, 0.6) is 0 Å². The fraction of sp³-hybridized carbons (Fsp3) is 0.600. The second kappa shape index (κ2) is 5.80. The Balaban J connectivity index is 1.96. The standard InChI is InChI=1S/C10H9ClF4N2OS/c11-8-5-2-19-3-6(5)16-7(17-8)1-18-4-10(14,15)9(12)13/h9H,1-4H2. The molecule has 0 aromatic carbocycles. The van der Waals surface area contributed by atoms with E-state index in [2.05, 4.69) is 14.7 Å². The zero-order chi connectivity index (χ0) is 14.0. The largest absolute Gasteiger partial charge is 0.367 e. The van der Waals surface area contributed by atoms with E-state index in [4.69, 9.17) is 11.6 Å². The first-order valence-corrected chi connectivity index (χ1v) is 6.79. The first-order chi connectivity index (χ1) is 8.90. The Kier molecular flexibility index (Phi) is 4.52. The monoisotopic (exact) mass is 316 g/mol. The van der Waals surface area contributed by atoms with Crippen LogP contribution in [0.25, 0.3) is 0 Å².